The third kappa shape index (κ3) is 5.23. The molecule has 2 fully saturated rings. The van der Waals surface area contributed by atoms with Crippen molar-refractivity contribution < 1.29 is 18.7 Å². The molecule has 3 N–H and O–H groups in total. The van der Waals surface area contributed by atoms with Gasteiger partial charge in [-0.2, -0.15) is 0 Å². The van der Waals surface area contributed by atoms with Gasteiger partial charge in [-0.25, -0.2) is 4.39 Å². The predicted molar refractivity (Wildman–Crippen MR) is 158 cm³/mol. The Morgan fingerprint density at radius 3 is 3.00 bits per heavy atom. The van der Waals surface area contributed by atoms with Gasteiger partial charge in [0.25, 0.3) is 5.91 Å². The van der Waals surface area contributed by atoms with E-state index in [0.29, 0.717) is 59.5 Å². The fourth-order valence-corrected chi connectivity index (χ4v) is 5.86. The van der Waals surface area contributed by atoms with Crippen LogP contribution >= 0.6 is 0 Å². The largest absolute Gasteiger partial charge is 0.492 e. The minimum atomic E-state index is -0.515. The van der Waals surface area contributed by atoms with Crippen LogP contribution in [0.15, 0.2) is 48.8 Å². The highest BCUT2D eigenvalue weighted by Gasteiger charge is 2.53. The number of halogens is 1. The van der Waals surface area contributed by atoms with Crippen LogP contribution in [0.1, 0.15) is 28.0 Å². The molecule has 1 aromatic carbocycles. The Balaban J connectivity index is 1.37. The molecule has 0 unspecified atom stereocenters. The average molecular weight is 569 g/mol. The van der Waals surface area contributed by atoms with Crippen LogP contribution in [0.25, 0.3) is 11.3 Å². The van der Waals surface area contributed by atoms with E-state index in [0.717, 1.165) is 24.2 Å². The maximum Gasteiger partial charge on any atom is 0.255 e. The number of methoxy groups -OCH3 is 1. The number of benzene rings is 1. The Labute approximate surface area is 244 Å². The zero-order valence-electron chi connectivity index (χ0n) is 23.8. The van der Waals surface area contributed by atoms with Gasteiger partial charge in [-0.15, -0.1) is 0 Å². The standard InChI is InChI=1S/C32H33FN6O3/c1-38(2)15-5-8-27(40)39-18-20-16-22(20)26(39)10-9-19-17-34-13-11-21(19)29-30(28-24(36-29)12-14-35-32(28)41)37-25-7-4-6-23(33)31(25)42-3/h4-8,11,13,17,20,22,26,36-37H,12,14-16,18H2,1-3H3,(H,35,41)/b8-5+/t20-,22-,26-/m0/s1. The lowest BCUT2D eigenvalue weighted by Gasteiger charge is -2.22. The third-order valence-electron chi connectivity index (χ3n) is 8.01. The highest BCUT2D eigenvalue weighted by molar-refractivity contribution is 6.06. The smallest absolute Gasteiger partial charge is 0.255 e. The highest BCUT2D eigenvalue weighted by atomic mass is 19.1. The third-order valence-corrected chi connectivity index (χ3v) is 8.01. The Morgan fingerprint density at radius 2 is 2.19 bits per heavy atom. The van der Waals surface area contributed by atoms with E-state index in [1.54, 1.807) is 30.6 Å². The number of nitrogens with zero attached hydrogens (tertiary/aromatic N) is 3. The topological polar surface area (TPSA) is 103 Å². The lowest BCUT2D eigenvalue weighted by atomic mass is 10.0. The van der Waals surface area contributed by atoms with Crippen molar-refractivity contribution in [3.8, 4) is 28.8 Å². The summed E-state index contributed by atoms with van der Waals surface area (Å²) in [6.45, 7) is 1.92. The van der Waals surface area contributed by atoms with E-state index in [1.165, 1.54) is 13.2 Å². The van der Waals surface area contributed by atoms with Crippen molar-refractivity contribution in [3.63, 3.8) is 0 Å². The Morgan fingerprint density at radius 1 is 1.33 bits per heavy atom. The number of ether oxygens (including phenoxy) is 1. The lowest BCUT2D eigenvalue weighted by molar-refractivity contribution is -0.126. The molecule has 0 bridgehead atoms. The van der Waals surface area contributed by atoms with Crippen LogP contribution in [0.5, 0.6) is 5.75 Å². The summed E-state index contributed by atoms with van der Waals surface area (Å²) >= 11 is 0. The predicted octanol–water partition coefficient (Wildman–Crippen LogP) is 3.57. The van der Waals surface area contributed by atoms with Crippen molar-refractivity contribution in [2.24, 2.45) is 11.8 Å². The number of carbonyl (C=O) groups is 2. The molecule has 9 nitrogen and oxygen atoms in total. The van der Waals surface area contributed by atoms with Crippen LogP contribution in [0.4, 0.5) is 15.8 Å². The molecule has 1 aliphatic carbocycles. The Hall–Kier alpha value is -4.62. The molecule has 1 saturated heterocycles. The summed E-state index contributed by atoms with van der Waals surface area (Å²) in [6.07, 6.45) is 8.57. The van der Waals surface area contributed by atoms with Crippen molar-refractivity contribution in [2.45, 2.75) is 18.9 Å². The van der Waals surface area contributed by atoms with E-state index in [2.05, 4.69) is 32.4 Å². The molecule has 2 amide bonds. The number of nitrogens with one attached hydrogen (secondary N) is 3. The number of para-hydroxylation sites is 1. The van der Waals surface area contributed by atoms with Gasteiger partial charge in [0.2, 0.25) is 5.91 Å². The lowest BCUT2D eigenvalue weighted by Crippen LogP contribution is -2.36. The van der Waals surface area contributed by atoms with Crippen LogP contribution < -0.4 is 15.4 Å². The number of piperidine rings is 1. The number of aromatic amines is 1. The first-order chi connectivity index (χ1) is 20.4. The maximum atomic E-state index is 14.5. The average Bonchev–Trinajstić information content (AvgIpc) is 3.50. The number of pyridine rings is 1. The van der Waals surface area contributed by atoms with Gasteiger partial charge in [0, 0.05) is 55.8 Å². The second-order valence-electron chi connectivity index (χ2n) is 11.1. The van der Waals surface area contributed by atoms with E-state index < -0.39 is 5.82 Å². The molecule has 3 aromatic rings. The fraction of sp³-hybridized carbons (Fsp3) is 0.344. The van der Waals surface area contributed by atoms with Crippen LogP contribution in [-0.2, 0) is 11.2 Å². The zero-order chi connectivity index (χ0) is 29.4. The van der Waals surface area contributed by atoms with Crippen LogP contribution in [-0.4, -0.2) is 78.5 Å². The van der Waals surface area contributed by atoms with Gasteiger partial charge in [-0.1, -0.05) is 24.0 Å². The molecule has 3 atom stereocenters. The number of hydrogen-bond donors (Lipinski definition) is 3. The van der Waals surface area contributed by atoms with Gasteiger partial charge in [-0.3, -0.25) is 14.6 Å². The first-order valence-corrected chi connectivity index (χ1v) is 14.1. The normalized spacial score (nSPS) is 20.5. The maximum absolute atomic E-state index is 14.5. The van der Waals surface area contributed by atoms with Crippen molar-refractivity contribution in [1.29, 1.82) is 0 Å². The molecule has 2 aromatic heterocycles. The molecule has 3 aliphatic rings. The van der Waals surface area contributed by atoms with Crippen LogP contribution in [0, 0.1) is 29.5 Å². The molecule has 216 valence electrons. The number of hydrogen-bond acceptors (Lipinski definition) is 6. The van der Waals surface area contributed by atoms with Gasteiger partial charge in [-0.05, 0) is 50.6 Å². The molecule has 0 radical (unpaired) electrons. The SMILES string of the molecule is COc1c(F)cccc1Nc1c(-c2ccncc2C#C[C@H]2[C@H]3C[C@H]3CN2C(=O)/C=C/CN(C)C)[nH]c2c1C(=O)NCC2. The van der Waals surface area contributed by atoms with Gasteiger partial charge < -0.3 is 30.2 Å². The number of amides is 2. The summed E-state index contributed by atoms with van der Waals surface area (Å²) in [5, 5.41) is 6.17. The number of anilines is 2. The van der Waals surface area contributed by atoms with E-state index in [1.807, 2.05) is 36.0 Å². The zero-order valence-corrected chi connectivity index (χ0v) is 23.8. The summed E-state index contributed by atoms with van der Waals surface area (Å²) in [5.41, 5.74) is 4.19. The van der Waals surface area contributed by atoms with Crippen molar-refractivity contribution in [1.82, 2.24) is 25.1 Å². The number of fused-ring (bicyclic) bond motifs is 2. The number of H-pyrrole nitrogens is 1. The summed E-state index contributed by atoms with van der Waals surface area (Å²) in [6, 6.07) is 6.27. The number of likely N-dealkylation sites (tertiary alicyclic amines) is 1. The summed E-state index contributed by atoms with van der Waals surface area (Å²) < 4.78 is 19.9. The van der Waals surface area contributed by atoms with Crippen molar-refractivity contribution >= 4 is 23.2 Å². The first kappa shape index (κ1) is 27.5. The Bertz CT molecular complexity index is 1630. The molecule has 0 spiro atoms. The summed E-state index contributed by atoms with van der Waals surface area (Å²) in [7, 11) is 5.32. The Kier molecular flexibility index (Phi) is 7.43. The van der Waals surface area contributed by atoms with Crippen LogP contribution in [0.2, 0.25) is 0 Å². The minimum absolute atomic E-state index is 0.0201. The van der Waals surface area contributed by atoms with Crippen molar-refractivity contribution in [3.05, 3.63) is 71.4 Å². The number of likely N-dealkylation sites (N-methyl/N-ethyl adjacent to an activating group) is 1. The number of carbonyl (C=O) groups excluding carboxylic acids is 2. The van der Waals surface area contributed by atoms with Gasteiger partial charge in [0.05, 0.1) is 41.3 Å². The molecule has 10 heteroatoms. The summed E-state index contributed by atoms with van der Waals surface area (Å²) in [4.78, 5) is 37.7. The quantitative estimate of drug-likeness (QED) is 0.298. The van der Waals surface area contributed by atoms with Gasteiger partial charge in [0.1, 0.15) is 0 Å². The van der Waals surface area contributed by atoms with Gasteiger partial charge in [0.15, 0.2) is 11.6 Å². The molecule has 2 aliphatic heterocycles. The molecular weight excluding hydrogens is 535 g/mol. The van der Waals surface area contributed by atoms with E-state index >= 15 is 0 Å². The molecule has 1 saturated carbocycles. The van der Waals surface area contributed by atoms with Crippen LogP contribution in [0.3, 0.4) is 0 Å². The highest BCUT2D eigenvalue weighted by Crippen LogP contribution is 2.49. The molecule has 6 rings (SSSR count). The monoisotopic (exact) mass is 568 g/mol. The van der Waals surface area contributed by atoms with E-state index in [9.17, 15) is 14.0 Å². The summed E-state index contributed by atoms with van der Waals surface area (Å²) in [5.74, 6) is 6.86. The van der Waals surface area contributed by atoms with Gasteiger partial charge >= 0.3 is 0 Å². The number of aromatic nitrogens is 2. The van der Waals surface area contributed by atoms with Crippen molar-refractivity contribution in [2.75, 3.05) is 46.2 Å². The molecule has 42 heavy (non-hydrogen) atoms. The first-order valence-electron chi connectivity index (χ1n) is 14.1. The van der Waals surface area contributed by atoms with E-state index in [-0.39, 0.29) is 23.6 Å². The number of rotatable bonds is 7. The minimum Gasteiger partial charge on any atom is -0.492 e. The fourth-order valence-electron chi connectivity index (χ4n) is 5.86. The second-order valence-corrected chi connectivity index (χ2v) is 11.1. The van der Waals surface area contributed by atoms with E-state index in [4.69, 9.17) is 4.74 Å². The second kappa shape index (κ2) is 11.3. The molecule has 4 heterocycles. The molecular formula is C32H33FN6O3.